The minimum atomic E-state index is -4.58. The minimum absolute atomic E-state index is 0.0148. The highest BCUT2D eigenvalue weighted by molar-refractivity contribution is 7.89. The van der Waals surface area contributed by atoms with Crippen LogP contribution < -0.4 is 10.5 Å². The van der Waals surface area contributed by atoms with E-state index in [1.165, 1.54) is 13.0 Å². The molecule has 1 aliphatic rings. The van der Waals surface area contributed by atoms with E-state index in [4.69, 9.17) is 5.73 Å². The lowest BCUT2D eigenvalue weighted by Crippen LogP contribution is -2.41. The number of rotatable bonds is 5. The highest BCUT2D eigenvalue weighted by atomic mass is 32.2. The molecule has 1 aromatic rings. The van der Waals surface area contributed by atoms with Crippen LogP contribution in [0.2, 0.25) is 0 Å². The number of sulfonamides is 1. The Balaban J connectivity index is 2.31. The van der Waals surface area contributed by atoms with E-state index in [9.17, 15) is 21.6 Å². The topological polar surface area (TPSA) is 72.2 Å². The molecule has 0 aromatic heterocycles. The predicted molar refractivity (Wildman–Crippen MR) is 72.1 cm³/mol. The monoisotopic (exact) mass is 322 g/mol. The Kier molecular flexibility index (Phi) is 4.32. The fraction of sp³-hybridized carbons (Fsp3) is 0.538. The van der Waals surface area contributed by atoms with Crippen LogP contribution >= 0.6 is 0 Å². The van der Waals surface area contributed by atoms with Gasteiger partial charge in [0.25, 0.3) is 0 Å². The Morgan fingerprint density at radius 1 is 1.38 bits per heavy atom. The first-order valence-electron chi connectivity index (χ1n) is 6.55. The van der Waals surface area contributed by atoms with Crippen LogP contribution in [0.1, 0.15) is 24.0 Å². The number of hydrogen-bond donors (Lipinski definition) is 2. The van der Waals surface area contributed by atoms with Crippen molar-refractivity contribution in [2.45, 2.75) is 36.9 Å². The van der Waals surface area contributed by atoms with Gasteiger partial charge in [-0.05, 0) is 43.4 Å². The van der Waals surface area contributed by atoms with Crippen LogP contribution in [0.3, 0.4) is 0 Å². The average Bonchev–Trinajstić information content (AvgIpc) is 3.19. The van der Waals surface area contributed by atoms with Gasteiger partial charge in [0.1, 0.15) is 0 Å². The van der Waals surface area contributed by atoms with Gasteiger partial charge in [-0.25, -0.2) is 13.1 Å². The molecule has 0 aliphatic heterocycles. The molecule has 0 spiro atoms. The largest absolute Gasteiger partial charge is 0.416 e. The maximum absolute atomic E-state index is 12.8. The molecule has 21 heavy (non-hydrogen) atoms. The Hall–Kier alpha value is -1.12. The van der Waals surface area contributed by atoms with Gasteiger partial charge >= 0.3 is 6.18 Å². The molecule has 1 atom stereocenters. The molecule has 118 valence electrons. The summed E-state index contributed by atoms with van der Waals surface area (Å²) in [5.74, 6) is 0.178. The molecule has 1 fully saturated rings. The summed E-state index contributed by atoms with van der Waals surface area (Å²) < 4.78 is 65.3. The van der Waals surface area contributed by atoms with E-state index >= 15 is 0 Å². The number of alkyl halides is 3. The van der Waals surface area contributed by atoms with Gasteiger partial charge in [-0.1, -0.05) is 6.07 Å². The molecule has 0 amide bonds. The Bertz CT molecular complexity index is 625. The zero-order chi connectivity index (χ0) is 15.8. The molecule has 3 N–H and O–H groups in total. The number of halogens is 3. The molecule has 4 nitrogen and oxygen atoms in total. The Morgan fingerprint density at radius 2 is 2.00 bits per heavy atom. The Morgan fingerprint density at radius 3 is 2.48 bits per heavy atom. The molecule has 1 saturated carbocycles. The van der Waals surface area contributed by atoms with Crippen molar-refractivity contribution >= 4 is 10.0 Å². The number of aryl methyl sites for hydroxylation is 1. The summed E-state index contributed by atoms with van der Waals surface area (Å²) in [6.45, 7) is 1.42. The second-order valence-electron chi connectivity index (χ2n) is 5.28. The molecular weight excluding hydrogens is 305 g/mol. The molecule has 8 heteroatoms. The van der Waals surface area contributed by atoms with Crippen LogP contribution in [0.25, 0.3) is 0 Å². The average molecular weight is 322 g/mol. The van der Waals surface area contributed by atoms with E-state index in [1.54, 1.807) is 0 Å². The lowest BCUT2D eigenvalue weighted by molar-refractivity contribution is -0.138. The summed E-state index contributed by atoms with van der Waals surface area (Å²) >= 11 is 0. The molecule has 0 saturated heterocycles. The third-order valence-electron chi connectivity index (χ3n) is 3.58. The van der Waals surface area contributed by atoms with Crippen LogP contribution in [-0.4, -0.2) is 21.0 Å². The maximum Gasteiger partial charge on any atom is 0.416 e. The third kappa shape index (κ3) is 3.75. The van der Waals surface area contributed by atoms with Crippen molar-refractivity contribution < 1.29 is 21.6 Å². The lowest BCUT2D eigenvalue weighted by Gasteiger charge is -2.17. The van der Waals surface area contributed by atoms with Crippen molar-refractivity contribution in [2.24, 2.45) is 11.7 Å². The SMILES string of the molecule is Cc1ccc(S(=O)(=O)NC(CN)C2CC2)cc1C(F)(F)F. The van der Waals surface area contributed by atoms with Crippen LogP contribution in [0.4, 0.5) is 13.2 Å². The van der Waals surface area contributed by atoms with E-state index in [2.05, 4.69) is 4.72 Å². The summed E-state index contributed by atoms with van der Waals surface area (Å²) in [4.78, 5) is -0.389. The summed E-state index contributed by atoms with van der Waals surface area (Å²) in [5.41, 5.74) is 4.56. The van der Waals surface area contributed by atoms with Gasteiger partial charge in [0.05, 0.1) is 10.5 Å². The van der Waals surface area contributed by atoms with Gasteiger partial charge in [-0.2, -0.15) is 13.2 Å². The van der Waals surface area contributed by atoms with Crippen LogP contribution in [0, 0.1) is 12.8 Å². The molecule has 0 heterocycles. The maximum atomic E-state index is 12.8. The van der Waals surface area contributed by atoms with E-state index < -0.39 is 27.8 Å². The van der Waals surface area contributed by atoms with Crippen LogP contribution in [-0.2, 0) is 16.2 Å². The highest BCUT2D eigenvalue weighted by Crippen LogP contribution is 2.35. The van der Waals surface area contributed by atoms with Crippen LogP contribution in [0.5, 0.6) is 0 Å². The third-order valence-corrected chi connectivity index (χ3v) is 5.06. The van der Waals surface area contributed by atoms with Crippen molar-refractivity contribution in [3.05, 3.63) is 29.3 Å². The quantitative estimate of drug-likeness (QED) is 0.871. The highest BCUT2D eigenvalue weighted by Gasteiger charge is 2.36. The first kappa shape index (κ1) is 16.3. The summed E-state index contributed by atoms with van der Waals surface area (Å²) in [5, 5.41) is 0. The summed E-state index contributed by atoms with van der Waals surface area (Å²) in [6, 6.07) is 2.57. The normalized spacial score (nSPS) is 17.8. The van der Waals surface area contributed by atoms with Crippen LogP contribution in [0.15, 0.2) is 23.1 Å². The smallest absolute Gasteiger partial charge is 0.329 e. The van der Waals surface area contributed by atoms with Crippen molar-refractivity contribution in [2.75, 3.05) is 6.54 Å². The van der Waals surface area contributed by atoms with E-state index in [0.29, 0.717) is 6.07 Å². The summed E-state index contributed by atoms with van der Waals surface area (Å²) in [7, 11) is -4.01. The molecule has 1 aromatic carbocycles. The van der Waals surface area contributed by atoms with Gasteiger partial charge in [-0.15, -0.1) is 0 Å². The molecule has 2 rings (SSSR count). The zero-order valence-electron chi connectivity index (χ0n) is 11.4. The zero-order valence-corrected chi connectivity index (χ0v) is 12.3. The van der Waals surface area contributed by atoms with E-state index in [1.807, 2.05) is 0 Å². The van der Waals surface area contributed by atoms with Crippen molar-refractivity contribution in [1.82, 2.24) is 4.72 Å². The number of benzene rings is 1. The van der Waals surface area contributed by atoms with Gasteiger partial charge in [0.2, 0.25) is 10.0 Å². The van der Waals surface area contributed by atoms with Crippen molar-refractivity contribution in [1.29, 1.82) is 0 Å². The first-order chi connectivity index (χ1) is 9.65. The lowest BCUT2D eigenvalue weighted by atomic mass is 10.1. The van der Waals surface area contributed by atoms with Gasteiger partial charge in [0, 0.05) is 12.6 Å². The number of nitrogens with two attached hydrogens (primary N) is 1. The number of nitrogens with one attached hydrogen (secondary N) is 1. The predicted octanol–water partition coefficient (Wildman–Crippen LogP) is 2.03. The molecule has 0 bridgehead atoms. The molecule has 1 aliphatic carbocycles. The number of hydrogen-bond acceptors (Lipinski definition) is 3. The standard InChI is InChI=1S/C13H17F3N2O2S/c1-8-2-5-10(6-11(8)13(14,15)16)21(19,20)18-12(7-17)9-3-4-9/h2,5-6,9,12,18H,3-4,7,17H2,1H3. The fourth-order valence-corrected chi connectivity index (χ4v) is 3.52. The van der Waals surface area contributed by atoms with Crippen molar-refractivity contribution in [3.8, 4) is 0 Å². The van der Waals surface area contributed by atoms with Gasteiger partial charge in [-0.3, -0.25) is 0 Å². The van der Waals surface area contributed by atoms with Crippen molar-refractivity contribution in [3.63, 3.8) is 0 Å². The fourth-order valence-electron chi connectivity index (χ4n) is 2.18. The minimum Gasteiger partial charge on any atom is -0.329 e. The molecule has 1 unspecified atom stereocenters. The Labute approximate surface area is 121 Å². The first-order valence-corrected chi connectivity index (χ1v) is 8.03. The second kappa shape index (κ2) is 5.58. The van der Waals surface area contributed by atoms with Gasteiger partial charge in [0.15, 0.2) is 0 Å². The molecule has 0 radical (unpaired) electrons. The van der Waals surface area contributed by atoms with E-state index in [0.717, 1.165) is 18.9 Å². The van der Waals surface area contributed by atoms with Gasteiger partial charge < -0.3 is 5.73 Å². The second-order valence-corrected chi connectivity index (χ2v) is 6.99. The van der Waals surface area contributed by atoms with E-state index in [-0.39, 0.29) is 22.9 Å². The summed E-state index contributed by atoms with van der Waals surface area (Å²) in [6.07, 6.45) is -2.82. The molecular formula is C13H17F3N2O2S.